The molecule has 0 spiro atoms. The minimum atomic E-state index is -0.378. The third-order valence-electron chi connectivity index (χ3n) is 4.71. The van der Waals surface area contributed by atoms with E-state index in [1.807, 2.05) is 31.2 Å². The Bertz CT molecular complexity index is 891. The second kappa shape index (κ2) is 8.45. The zero-order valence-corrected chi connectivity index (χ0v) is 16.6. The van der Waals surface area contributed by atoms with Crippen molar-refractivity contribution in [2.45, 2.75) is 43.4 Å². The van der Waals surface area contributed by atoms with Gasteiger partial charge in [-0.15, -0.1) is 0 Å². The third-order valence-corrected chi connectivity index (χ3v) is 5.82. The number of rotatable bonds is 5. The highest BCUT2D eigenvalue weighted by molar-refractivity contribution is 8.00. The van der Waals surface area contributed by atoms with Crippen LogP contribution in [0.1, 0.15) is 37.1 Å². The number of fused-ring (bicyclic) bond motifs is 1. The van der Waals surface area contributed by atoms with Crippen LogP contribution in [0.2, 0.25) is 0 Å². The molecule has 1 heterocycles. The Morgan fingerprint density at radius 2 is 2.26 bits per heavy atom. The summed E-state index contributed by atoms with van der Waals surface area (Å²) in [5.41, 5.74) is 3.46. The number of carbonyl (C=O) groups excluding carboxylic acids is 1. The average Bonchev–Trinajstić information content (AvgIpc) is 2.67. The number of ether oxygens (including phenoxy) is 1. The van der Waals surface area contributed by atoms with Gasteiger partial charge >= 0.3 is 0 Å². The molecular formula is C21H23N3O2S. The summed E-state index contributed by atoms with van der Waals surface area (Å²) in [4.78, 5) is 17.3. The number of nitrogens with one attached hydrogen (secondary N) is 1. The lowest BCUT2D eigenvalue weighted by Crippen LogP contribution is -2.23. The van der Waals surface area contributed by atoms with Crippen molar-refractivity contribution in [2.75, 3.05) is 12.4 Å². The van der Waals surface area contributed by atoms with Crippen molar-refractivity contribution in [3.8, 4) is 11.8 Å². The first-order valence-electron chi connectivity index (χ1n) is 9.04. The number of nitrogens with zero attached hydrogens (tertiary/aromatic N) is 2. The number of thioether (sulfide) groups is 1. The van der Waals surface area contributed by atoms with E-state index in [1.165, 1.54) is 17.3 Å². The van der Waals surface area contributed by atoms with Crippen LogP contribution >= 0.6 is 11.8 Å². The number of aromatic nitrogens is 1. The third kappa shape index (κ3) is 4.61. The van der Waals surface area contributed by atoms with Crippen molar-refractivity contribution in [3.05, 3.63) is 47.2 Å². The molecule has 6 heteroatoms. The van der Waals surface area contributed by atoms with Crippen LogP contribution in [-0.2, 0) is 17.6 Å². The van der Waals surface area contributed by atoms with Gasteiger partial charge in [0.15, 0.2) is 0 Å². The predicted octanol–water partition coefficient (Wildman–Crippen LogP) is 4.21. The lowest BCUT2D eigenvalue weighted by Gasteiger charge is -2.22. The molecule has 2 aromatic rings. The molecule has 0 radical (unpaired) electrons. The smallest absolute Gasteiger partial charge is 0.237 e. The summed E-state index contributed by atoms with van der Waals surface area (Å²) < 4.78 is 5.18. The number of pyridine rings is 1. The van der Waals surface area contributed by atoms with E-state index in [1.54, 1.807) is 13.2 Å². The summed E-state index contributed by atoms with van der Waals surface area (Å²) in [5.74, 6) is 1.17. The zero-order chi connectivity index (χ0) is 19.4. The van der Waals surface area contributed by atoms with E-state index >= 15 is 0 Å². The first-order chi connectivity index (χ1) is 13.0. The summed E-state index contributed by atoms with van der Waals surface area (Å²) >= 11 is 1.33. The van der Waals surface area contributed by atoms with Gasteiger partial charge in [-0.25, -0.2) is 4.98 Å². The fraction of sp³-hybridized carbons (Fsp3) is 0.381. The molecule has 1 amide bonds. The molecule has 2 atom stereocenters. The number of benzene rings is 1. The molecule has 0 saturated carbocycles. The molecule has 3 rings (SSSR count). The topological polar surface area (TPSA) is 75.0 Å². The largest absolute Gasteiger partial charge is 0.497 e. The van der Waals surface area contributed by atoms with E-state index < -0.39 is 0 Å². The van der Waals surface area contributed by atoms with E-state index in [0.717, 1.165) is 25.0 Å². The molecule has 1 aliphatic rings. The molecule has 0 fully saturated rings. The van der Waals surface area contributed by atoms with Gasteiger partial charge in [0.2, 0.25) is 5.91 Å². The van der Waals surface area contributed by atoms with Crippen molar-refractivity contribution >= 4 is 23.4 Å². The fourth-order valence-electron chi connectivity index (χ4n) is 3.16. The number of anilines is 1. The lowest BCUT2D eigenvalue weighted by atomic mass is 9.87. The lowest BCUT2D eigenvalue weighted by molar-refractivity contribution is -0.115. The first-order valence-corrected chi connectivity index (χ1v) is 9.92. The summed E-state index contributed by atoms with van der Waals surface area (Å²) in [6.07, 6.45) is 3.01. The summed E-state index contributed by atoms with van der Waals surface area (Å²) in [6.45, 7) is 4.05. The van der Waals surface area contributed by atoms with Gasteiger partial charge in [0.1, 0.15) is 16.8 Å². The number of nitriles is 1. The molecular weight excluding hydrogens is 358 g/mol. The van der Waals surface area contributed by atoms with Crippen molar-refractivity contribution < 1.29 is 9.53 Å². The SMILES string of the molecule is COc1cccc(NC(=O)C(C)Sc2nc3c(cc2C#N)CC(C)CC3)c1. The molecule has 0 aliphatic heterocycles. The van der Waals surface area contributed by atoms with Crippen molar-refractivity contribution in [3.63, 3.8) is 0 Å². The second-order valence-electron chi connectivity index (χ2n) is 6.89. The number of hydrogen-bond donors (Lipinski definition) is 1. The van der Waals surface area contributed by atoms with E-state index in [4.69, 9.17) is 9.72 Å². The molecule has 1 aliphatic carbocycles. The Morgan fingerprint density at radius 3 is 3.00 bits per heavy atom. The first kappa shape index (κ1) is 19.2. The molecule has 0 bridgehead atoms. The highest BCUT2D eigenvalue weighted by atomic mass is 32.2. The van der Waals surface area contributed by atoms with Gasteiger partial charge < -0.3 is 10.1 Å². The molecule has 5 nitrogen and oxygen atoms in total. The van der Waals surface area contributed by atoms with Crippen LogP contribution in [0.25, 0.3) is 0 Å². The van der Waals surface area contributed by atoms with Crippen LogP contribution in [0.3, 0.4) is 0 Å². The van der Waals surface area contributed by atoms with Crippen molar-refractivity contribution in [2.24, 2.45) is 5.92 Å². The standard InChI is InChI=1S/C21H23N3O2S/c1-13-7-8-19-15(9-13)10-16(12-22)21(24-19)27-14(2)20(25)23-17-5-4-6-18(11-17)26-3/h4-6,10-11,13-14H,7-9H2,1-3H3,(H,23,25). The van der Waals surface area contributed by atoms with Crippen LogP contribution in [-0.4, -0.2) is 23.3 Å². The van der Waals surface area contributed by atoms with E-state index in [-0.39, 0.29) is 11.2 Å². The maximum Gasteiger partial charge on any atom is 0.237 e. The Kier molecular flexibility index (Phi) is 6.02. The van der Waals surface area contributed by atoms with Gasteiger partial charge in [-0.3, -0.25) is 4.79 Å². The number of aryl methyl sites for hydroxylation is 1. The van der Waals surface area contributed by atoms with Gasteiger partial charge in [0, 0.05) is 17.4 Å². The quantitative estimate of drug-likeness (QED) is 0.786. The summed E-state index contributed by atoms with van der Waals surface area (Å²) in [6, 6.07) is 11.4. The van der Waals surface area contributed by atoms with Crippen molar-refractivity contribution in [1.82, 2.24) is 4.98 Å². The highest BCUT2D eigenvalue weighted by Crippen LogP contribution is 2.31. The number of amides is 1. The Hall–Kier alpha value is -2.52. The van der Waals surface area contributed by atoms with E-state index in [2.05, 4.69) is 18.3 Å². The van der Waals surface area contributed by atoms with Gasteiger partial charge in [-0.05, 0) is 55.9 Å². The predicted molar refractivity (Wildman–Crippen MR) is 107 cm³/mol. The van der Waals surface area contributed by atoms with Gasteiger partial charge in [0.25, 0.3) is 0 Å². The Balaban J connectivity index is 1.74. The van der Waals surface area contributed by atoms with Crippen LogP contribution in [0.15, 0.2) is 35.4 Å². The fourth-order valence-corrected chi connectivity index (χ4v) is 4.06. The van der Waals surface area contributed by atoms with Crippen LogP contribution < -0.4 is 10.1 Å². The Labute approximate surface area is 164 Å². The minimum absolute atomic E-state index is 0.134. The number of methoxy groups -OCH3 is 1. The normalized spacial score (nSPS) is 16.7. The maximum absolute atomic E-state index is 12.6. The van der Waals surface area contributed by atoms with Crippen LogP contribution in [0, 0.1) is 17.2 Å². The Morgan fingerprint density at radius 1 is 1.44 bits per heavy atom. The molecule has 140 valence electrons. The number of carbonyl (C=O) groups is 1. The van der Waals surface area contributed by atoms with Crippen LogP contribution in [0.5, 0.6) is 5.75 Å². The highest BCUT2D eigenvalue weighted by Gasteiger charge is 2.22. The molecule has 1 aromatic carbocycles. The number of hydrogen-bond acceptors (Lipinski definition) is 5. The average molecular weight is 382 g/mol. The van der Waals surface area contributed by atoms with Crippen molar-refractivity contribution in [1.29, 1.82) is 5.26 Å². The van der Waals surface area contributed by atoms with Gasteiger partial charge in [-0.2, -0.15) is 5.26 Å². The van der Waals surface area contributed by atoms with E-state index in [9.17, 15) is 10.1 Å². The monoisotopic (exact) mass is 381 g/mol. The van der Waals surface area contributed by atoms with Crippen LogP contribution in [0.4, 0.5) is 5.69 Å². The molecule has 1 N–H and O–H groups in total. The van der Waals surface area contributed by atoms with E-state index in [0.29, 0.717) is 27.9 Å². The minimum Gasteiger partial charge on any atom is -0.497 e. The molecule has 2 unspecified atom stereocenters. The second-order valence-corrected chi connectivity index (χ2v) is 8.22. The maximum atomic E-state index is 12.6. The van der Waals surface area contributed by atoms with Gasteiger partial charge in [0.05, 0.1) is 17.9 Å². The van der Waals surface area contributed by atoms with Gasteiger partial charge in [-0.1, -0.05) is 24.8 Å². The molecule has 0 saturated heterocycles. The summed E-state index contributed by atoms with van der Waals surface area (Å²) in [7, 11) is 1.59. The summed E-state index contributed by atoms with van der Waals surface area (Å²) in [5, 5.41) is 12.7. The molecule has 1 aromatic heterocycles. The molecule has 27 heavy (non-hydrogen) atoms. The zero-order valence-electron chi connectivity index (χ0n) is 15.8.